The summed E-state index contributed by atoms with van der Waals surface area (Å²) in [5, 5.41) is 2.75. The molecule has 2 heterocycles. The summed E-state index contributed by atoms with van der Waals surface area (Å²) in [5.41, 5.74) is -0.0842. The molecule has 0 aromatic carbocycles. The van der Waals surface area contributed by atoms with Gasteiger partial charge in [-0.1, -0.05) is 11.6 Å². The van der Waals surface area contributed by atoms with Gasteiger partial charge < -0.3 is 14.8 Å². The second-order valence-corrected chi connectivity index (χ2v) is 4.80. The summed E-state index contributed by atoms with van der Waals surface area (Å²) in [6.07, 6.45) is 2.20. The Morgan fingerprint density at radius 3 is 2.57 bits per heavy atom. The molecule has 1 N–H and O–H groups in total. The number of aldehydes is 1. The normalized spacial score (nSPS) is 16.6. The minimum absolute atomic E-state index is 0.249. The monoisotopic (exact) mass is 346 g/mol. The number of carbonyl (C=O) groups is 1. The number of rotatable bonds is 4. The molecule has 1 aliphatic rings. The molecule has 0 spiro atoms. The van der Waals surface area contributed by atoms with Crippen LogP contribution in [-0.2, 0) is 9.53 Å². The number of dihydropyridines is 1. The van der Waals surface area contributed by atoms with Crippen LogP contribution in [0.15, 0.2) is 30.1 Å². The van der Waals surface area contributed by atoms with Crippen molar-refractivity contribution >= 4 is 23.5 Å². The molecular weight excluding hydrogens is 330 g/mol. The van der Waals surface area contributed by atoms with E-state index < -0.39 is 17.6 Å². The summed E-state index contributed by atoms with van der Waals surface area (Å²) in [4.78, 5) is 14.8. The molecule has 0 saturated carbocycles. The predicted molar refractivity (Wildman–Crippen MR) is 83.6 cm³/mol. The van der Waals surface area contributed by atoms with Crippen LogP contribution in [0.25, 0.3) is 5.57 Å². The highest BCUT2D eigenvalue weighted by Crippen LogP contribution is 2.33. The van der Waals surface area contributed by atoms with Crippen LogP contribution in [0.5, 0.6) is 5.75 Å². The van der Waals surface area contributed by atoms with Crippen LogP contribution in [-0.4, -0.2) is 38.1 Å². The van der Waals surface area contributed by atoms with Crippen molar-refractivity contribution in [1.82, 2.24) is 10.3 Å². The number of nitrogens with one attached hydrogen (secondary N) is 1. The van der Waals surface area contributed by atoms with Crippen molar-refractivity contribution in [2.75, 3.05) is 21.3 Å². The summed E-state index contributed by atoms with van der Waals surface area (Å²) in [6.45, 7) is 0. The Bertz CT molecular complexity index is 606. The standard InChI is InChI=1S/C13H11ClF2N2O2.C2H6O/c1-20-11-5-18-10(13(15)16)4-8(11)7-2-3-17-12(14)9(7)6-19;1-3-2/h2-6,12-13,17H,1H3;1-2H3. The van der Waals surface area contributed by atoms with Crippen LogP contribution >= 0.6 is 11.6 Å². The average molecular weight is 347 g/mol. The Labute approximate surface area is 137 Å². The third-order valence-corrected chi connectivity index (χ3v) is 3.19. The number of pyridine rings is 1. The lowest BCUT2D eigenvalue weighted by atomic mass is 9.97. The van der Waals surface area contributed by atoms with E-state index in [2.05, 4.69) is 15.0 Å². The van der Waals surface area contributed by atoms with Crippen LogP contribution < -0.4 is 10.1 Å². The van der Waals surface area contributed by atoms with Crippen LogP contribution in [0.1, 0.15) is 17.7 Å². The summed E-state index contributed by atoms with van der Waals surface area (Å²) in [7, 11) is 4.65. The molecule has 0 radical (unpaired) electrons. The minimum atomic E-state index is -2.71. The number of hydrogen-bond donors (Lipinski definition) is 1. The van der Waals surface area contributed by atoms with Crippen LogP contribution in [0.4, 0.5) is 8.78 Å². The largest absolute Gasteiger partial charge is 0.494 e. The van der Waals surface area contributed by atoms with E-state index in [1.807, 2.05) is 0 Å². The van der Waals surface area contributed by atoms with Crippen molar-refractivity contribution in [3.63, 3.8) is 0 Å². The Balaban J connectivity index is 0.000000816. The summed E-state index contributed by atoms with van der Waals surface area (Å²) in [5.74, 6) is 0.291. The van der Waals surface area contributed by atoms with E-state index in [1.54, 1.807) is 26.5 Å². The lowest BCUT2D eigenvalue weighted by molar-refractivity contribution is -0.105. The lowest BCUT2D eigenvalue weighted by Gasteiger charge is -2.20. The molecule has 126 valence electrons. The summed E-state index contributed by atoms with van der Waals surface area (Å²) < 4.78 is 34.9. The number of hydrogen-bond acceptors (Lipinski definition) is 5. The number of ether oxygens (including phenoxy) is 2. The zero-order valence-electron chi connectivity index (χ0n) is 12.8. The van der Waals surface area contributed by atoms with Gasteiger partial charge in [0, 0.05) is 25.4 Å². The molecule has 8 heteroatoms. The topological polar surface area (TPSA) is 60.5 Å². The van der Waals surface area contributed by atoms with E-state index >= 15 is 0 Å². The Hall–Kier alpha value is -1.99. The molecule has 1 aromatic heterocycles. The van der Waals surface area contributed by atoms with Gasteiger partial charge in [-0.15, -0.1) is 0 Å². The molecule has 0 aliphatic carbocycles. The van der Waals surface area contributed by atoms with Crippen LogP contribution in [0, 0.1) is 0 Å². The fourth-order valence-electron chi connectivity index (χ4n) is 1.86. The van der Waals surface area contributed by atoms with E-state index in [-0.39, 0.29) is 5.57 Å². The third-order valence-electron chi connectivity index (χ3n) is 2.83. The van der Waals surface area contributed by atoms with Crippen molar-refractivity contribution in [2.24, 2.45) is 0 Å². The first-order chi connectivity index (χ1) is 11.0. The second kappa shape index (κ2) is 9.22. The van der Waals surface area contributed by atoms with Gasteiger partial charge in [-0.2, -0.15) is 0 Å². The average Bonchev–Trinajstić information content (AvgIpc) is 2.54. The minimum Gasteiger partial charge on any atom is -0.494 e. The van der Waals surface area contributed by atoms with E-state index in [1.165, 1.54) is 19.4 Å². The number of halogens is 3. The van der Waals surface area contributed by atoms with Crippen LogP contribution in [0.3, 0.4) is 0 Å². The van der Waals surface area contributed by atoms with Gasteiger partial charge in [-0.25, -0.2) is 8.78 Å². The maximum Gasteiger partial charge on any atom is 0.280 e. The number of nitrogens with zero attached hydrogens (tertiary/aromatic N) is 1. The van der Waals surface area contributed by atoms with E-state index in [0.29, 0.717) is 23.2 Å². The van der Waals surface area contributed by atoms with Gasteiger partial charge in [0.2, 0.25) is 0 Å². The number of methoxy groups -OCH3 is 2. The Morgan fingerprint density at radius 1 is 1.39 bits per heavy atom. The summed E-state index contributed by atoms with van der Waals surface area (Å²) >= 11 is 5.97. The fourth-order valence-corrected chi connectivity index (χ4v) is 2.10. The second-order valence-electron chi connectivity index (χ2n) is 4.37. The number of alkyl halides is 3. The van der Waals surface area contributed by atoms with Gasteiger partial charge in [-0.05, 0) is 23.9 Å². The molecule has 5 nitrogen and oxygen atoms in total. The first-order valence-corrected chi connectivity index (χ1v) is 6.92. The van der Waals surface area contributed by atoms with E-state index in [0.717, 1.165) is 0 Å². The molecule has 2 rings (SSSR count). The summed E-state index contributed by atoms with van der Waals surface area (Å²) in [6, 6.07) is 1.20. The van der Waals surface area contributed by atoms with Crippen molar-refractivity contribution in [3.8, 4) is 5.75 Å². The zero-order chi connectivity index (χ0) is 17.4. The first-order valence-electron chi connectivity index (χ1n) is 6.48. The predicted octanol–water partition coefficient (Wildman–Crippen LogP) is 2.92. The van der Waals surface area contributed by atoms with Gasteiger partial charge >= 0.3 is 0 Å². The van der Waals surface area contributed by atoms with Gasteiger partial charge in [-0.3, -0.25) is 9.78 Å². The van der Waals surface area contributed by atoms with Crippen molar-refractivity contribution < 1.29 is 23.0 Å². The molecule has 1 unspecified atom stereocenters. The maximum absolute atomic E-state index is 12.8. The van der Waals surface area contributed by atoms with Crippen molar-refractivity contribution in [2.45, 2.75) is 11.9 Å². The highest BCUT2D eigenvalue weighted by Gasteiger charge is 2.22. The smallest absolute Gasteiger partial charge is 0.280 e. The van der Waals surface area contributed by atoms with Crippen molar-refractivity contribution in [1.29, 1.82) is 0 Å². The zero-order valence-corrected chi connectivity index (χ0v) is 13.6. The molecular formula is C15H17ClF2N2O3. The Kier molecular flexibility index (Phi) is 7.64. The number of aromatic nitrogens is 1. The highest BCUT2D eigenvalue weighted by molar-refractivity contribution is 6.25. The highest BCUT2D eigenvalue weighted by atomic mass is 35.5. The number of carbonyl (C=O) groups excluding carboxylic acids is 1. The third kappa shape index (κ3) is 4.74. The molecule has 0 fully saturated rings. The van der Waals surface area contributed by atoms with E-state index in [4.69, 9.17) is 16.3 Å². The molecule has 23 heavy (non-hydrogen) atoms. The van der Waals surface area contributed by atoms with Gasteiger partial charge in [0.25, 0.3) is 6.43 Å². The SMILES string of the molecule is COC.COc1cnc(C(F)F)cc1C1=C(C=O)C(Cl)NC=C1. The lowest BCUT2D eigenvalue weighted by Crippen LogP contribution is -2.25. The molecule has 1 aliphatic heterocycles. The Morgan fingerprint density at radius 2 is 2.04 bits per heavy atom. The molecule has 1 aromatic rings. The van der Waals surface area contributed by atoms with Gasteiger partial charge in [0.15, 0.2) is 0 Å². The molecule has 0 amide bonds. The van der Waals surface area contributed by atoms with Crippen LogP contribution in [0.2, 0.25) is 0 Å². The maximum atomic E-state index is 12.8. The van der Waals surface area contributed by atoms with Gasteiger partial charge in [0.05, 0.1) is 13.3 Å². The number of allylic oxidation sites excluding steroid dienone is 2. The quantitative estimate of drug-likeness (QED) is 0.516. The first kappa shape index (κ1) is 19.1. The van der Waals surface area contributed by atoms with Gasteiger partial charge in [0.1, 0.15) is 23.2 Å². The van der Waals surface area contributed by atoms with Crippen molar-refractivity contribution in [3.05, 3.63) is 41.4 Å². The molecule has 0 bridgehead atoms. The fraction of sp³-hybridized carbons (Fsp3) is 0.333. The molecule has 1 atom stereocenters. The molecule has 0 saturated heterocycles. The van der Waals surface area contributed by atoms with E-state index in [9.17, 15) is 13.6 Å².